The minimum absolute atomic E-state index is 0.0684. The van der Waals surface area contributed by atoms with E-state index in [4.69, 9.17) is 0 Å². The first-order valence-electron chi connectivity index (χ1n) is 10.5. The van der Waals surface area contributed by atoms with Gasteiger partial charge >= 0.3 is 0 Å². The monoisotopic (exact) mass is 361 g/mol. The molecule has 0 aromatic heterocycles. The van der Waals surface area contributed by atoms with Crippen molar-refractivity contribution in [1.82, 2.24) is 15.1 Å². The van der Waals surface area contributed by atoms with Crippen molar-refractivity contribution >= 4 is 17.7 Å². The standard InChI is InChI=1S/C20H31N3O3/c24-17-3-1-10-22(17)11-2-12-23-13-16(8-9-18(23)25)20(26)21-19(14-4-5-14)15-6-7-15/h14-16,19H,1-13H2,(H,21,26)/t16-/m1/s1. The van der Waals surface area contributed by atoms with Gasteiger partial charge in [0.25, 0.3) is 0 Å². The van der Waals surface area contributed by atoms with Crippen molar-refractivity contribution in [3.63, 3.8) is 0 Å². The lowest BCUT2D eigenvalue weighted by atomic mass is 9.95. The van der Waals surface area contributed by atoms with Crippen LogP contribution in [-0.2, 0) is 14.4 Å². The van der Waals surface area contributed by atoms with Crippen LogP contribution in [0.25, 0.3) is 0 Å². The van der Waals surface area contributed by atoms with Gasteiger partial charge in [-0.05, 0) is 56.8 Å². The number of carbonyl (C=O) groups excluding carboxylic acids is 3. The Balaban J connectivity index is 1.24. The normalized spacial score (nSPS) is 26.7. The molecule has 0 spiro atoms. The van der Waals surface area contributed by atoms with Crippen LogP contribution in [0, 0.1) is 17.8 Å². The van der Waals surface area contributed by atoms with E-state index in [0.717, 1.165) is 25.9 Å². The van der Waals surface area contributed by atoms with Gasteiger partial charge in [-0.3, -0.25) is 14.4 Å². The van der Waals surface area contributed by atoms with Crippen molar-refractivity contribution in [1.29, 1.82) is 0 Å². The second-order valence-corrected chi connectivity index (χ2v) is 8.62. The first kappa shape index (κ1) is 17.8. The molecule has 0 aromatic rings. The van der Waals surface area contributed by atoms with Crippen LogP contribution in [0.5, 0.6) is 0 Å². The summed E-state index contributed by atoms with van der Waals surface area (Å²) in [5.74, 6) is 1.87. The number of amides is 3. The molecule has 0 aromatic carbocycles. The van der Waals surface area contributed by atoms with E-state index in [2.05, 4.69) is 5.32 Å². The molecule has 2 heterocycles. The summed E-state index contributed by atoms with van der Waals surface area (Å²) in [6.45, 7) is 2.77. The van der Waals surface area contributed by atoms with Gasteiger partial charge < -0.3 is 15.1 Å². The van der Waals surface area contributed by atoms with Gasteiger partial charge in [-0.2, -0.15) is 0 Å². The maximum atomic E-state index is 12.7. The minimum Gasteiger partial charge on any atom is -0.353 e. The Morgan fingerprint density at radius 1 is 0.962 bits per heavy atom. The van der Waals surface area contributed by atoms with Crippen LogP contribution < -0.4 is 5.32 Å². The van der Waals surface area contributed by atoms with Crippen LogP contribution >= 0.6 is 0 Å². The van der Waals surface area contributed by atoms with Gasteiger partial charge in [0.1, 0.15) is 0 Å². The molecule has 2 saturated heterocycles. The van der Waals surface area contributed by atoms with Crippen molar-refractivity contribution in [2.45, 2.75) is 63.8 Å². The van der Waals surface area contributed by atoms with Gasteiger partial charge in [-0.15, -0.1) is 0 Å². The molecule has 2 aliphatic carbocycles. The van der Waals surface area contributed by atoms with E-state index in [1.807, 2.05) is 9.80 Å². The number of nitrogens with zero attached hydrogens (tertiary/aromatic N) is 2. The summed E-state index contributed by atoms with van der Waals surface area (Å²) < 4.78 is 0. The van der Waals surface area contributed by atoms with Crippen molar-refractivity contribution in [2.24, 2.45) is 17.8 Å². The van der Waals surface area contributed by atoms with Crippen LogP contribution in [0.1, 0.15) is 57.8 Å². The van der Waals surface area contributed by atoms with E-state index in [9.17, 15) is 14.4 Å². The van der Waals surface area contributed by atoms with Gasteiger partial charge in [-0.1, -0.05) is 0 Å². The molecule has 144 valence electrons. The molecular formula is C20H31N3O3. The molecule has 0 radical (unpaired) electrons. The van der Waals surface area contributed by atoms with Gasteiger partial charge in [0.15, 0.2) is 0 Å². The number of piperidine rings is 1. The van der Waals surface area contributed by atoms with Crippen molar-refractivity contribution in [2.75, 3.05) is 26.2 Å². The summed E-state index contributed by atoms with van der Waals surface area (Å²) in [6, 6.07) is 0.384. The zero-order valence-electron chi connectivity index (χ0n) is 15.6. The van der Waals surface area contributed by atoms with Gasteiger partial charge in [0, 0.05) is 45.1 Å². The van der Waals surface area contributed by atoms with Crippen molar-refractivity contribution < 1.29 is 14.4 Å². The van der Waals surface area contributed by atoms with Crippen LogP contribution in [0.3, 0.4) is 0 Å². The lowest BCUT2D eigenvalue weighted by Crippen LogP contribution is -2.49. The molecule has 2 aliphatic heterocycles. The highest BCUT2D eigenvalue weighted by molar-refractivity contribution is 5.84. The molecule has 4 rings (SSSR count). The largest absolute Gasteiger partial charge is 0.353 e. The number of carbonyl (C=O) groups is 3. The number of rotatable bonds is 8. The molecule has 3 amide bonds. The number of hydrogen-bond donors (Lipinski definition) is 1. The summed E-state index contributed by atoms with van der Waals surface area (Å²) in [7, 11) is 0. The average Bonchev–Trinajstić information content (AvgIpc) is 3.54. The highest BCUT2D eigenvalue weighted by Crippen LogP contribution is 2.44. The van der Waals surface area contributed by atoms with Gasteiger partial charge in [0.2, 0.25) is 17.7 Å². The molecule has 4 fully saturated rings. The van der Waals surface area contributed by atoms with E-state index in [-0.39, 0.29) is 23.6 Å². The van der Waals surface area contributed by atoms with Crippen LogP contribution in [0.15, 0.2) is 0 Å². The second kappa shape index (κ2) is 7.57. The summed E-state index contributed by atoms with van der Waals surface area (Å²) in [6.07, 6.45) is 8.58. The molecular weight excluding hydrogens is 330 g/mol. The maximum Gasteiger partial charge on any atom is 0.225 e. The maximum absolute atomic E-state index is 12.7. The smallest absolute Gasteiger partial charge is 0.225 e. The Morgan fingerprint density at radius 3 is 2.23 bits per heavy atom. The molecule has 2 saturated carbocycles. The zero-order chi connectivity index (χ0) is 18.1. The second-order valence-electron chi connectivity index (χ2n) is 8.62. The molecule has 0 unspecified atom stereocenters. The van der Waals surface area contributed by atoms with Crippen LogP contribution in [-0.4, -0.2) is 59.7 Å². The molecule has 4 aliphatic rings. The molecule has 0 bridgehead atoms. The Hall–Kier alpha value is -1.59. The summed E-state index contributed by atoms with van der Waals surface area (Å²) >= 11 is 0. The Labute approximate surface area is 155 Å². The summed E-state index contributed by atoms with van der Waals surface area (Å²) in [5.41, 5.74) is 0. The fourth-order valence-corrected chi connectivity index (χ4v) is 4.55. The van der Waals surface area contributed by atoms with Gasteiger partial charge in [0.05, 0.1) is 5.92 Å². The summed E-state index contributed by atoms with van der Waals surface area (Å²) in [5, 5.41) is 3.32. The number of likely N-dealkylation sites (tertiary alicyclic amines) is 2. The van der Waals surface area contributed by atoms with Gasteiger partial charge in [-0.25, -0.2) is 0 Å². The van der Waals surface area contributed by atoms with E-state index in [1.165, 1.54) is 25.7 Å². The predicted molar refractivity (Wildman–Crippen MR) is 97.1 cm³/mol. The van der Waals surface area contributed by atoms with E-state index >= 15 is 0 Å². The Kier molecular flexibility index (Phi) is 5.18. The zero-order valence-corrected chi connectivity index (χ0v) is 15.6. The lowest BCUT2D eigenvalue weighted by Gasteiger charge is -2.33. The first-order chi connectivity index (χ1) is 12.6. The van der Waals surface area contributed by atoms with Crippen molar-refractivity contribution in [3.05, 3.63) is 0 Å². The highest BCUT2D eigenvalue weighted by Gasteiger charge is 2.43. The van der Waals surface area contributed by atoms with E-state index in [0.29, 0.717) is 50.2 Å². The average molecular weight is 361 g/mol. The third-order valence-corrected chi connectivity index (χ3v) is 6.47. The third-order valence-electron chi connectivity index (χ3n) is 6.47. The highest BCUT2D eigenvalue weighted by atomic mass is 16.2. The van der Waals surface area contributed by atoms with Crippen LogP contribution in [0.4, 0.5) is 0 Å². The predicted octanol–water partition coefficient (Wildman–Crippen LogP) is 1.54. The number of hydrogen-bond acceptors (Lipinski definition) is 3. The third kappa shape index (κ3) is 4.21. The fraction of sp³-hybridized carbons (Fsp3) is 0.850. The molecule has 6 heteroatoms. The Bertz CT molecular complexity index is 559. The van der Waals surface area contributed by atoms with E-state index in [1.54, 1.807) is 0 Å². The quantitative estimate of drug-likeness (QED) is 0.713. The van der Waals surface area contributed by atoms with E-state index < -0.39 is 0 Å². The first-order valence-corrected chi connectivity index (χ1v) is 10.5. The Morgan fingerprint density at radius 2 is 1.62 bits per heavy atom. The topological polar surface area (TPSA) is 69.7 Å². The molecule has 6 nitrogen and oxygen atoms in total. The fourth-order valence-electron chi connectivity index (χ4n) is 4.55. The summed E-state index contributed by atoms with van der Waals surface area (Å²) in [4.78, 5) is 40.4. The SMILES string of the molecule is O=C(NC(C1CC1)C1CC1)[C@@H]1CCC(=O)N(CCCN2CCCC2=O)C1. The number of nitrogens with one attached hydrogen (secondary N) is 1. The minimum atomic E-state index is -0.0684. The molecule has 26 heavy (non-hydrogen) atoms. The lowest BCUT2D eigenvalue weighted by molar-refractivity contribution is -0.138. The molecule has 1 atom stereocenters. The van der Waals surface area contributed by atoms with Crippen LogP contribution in [0.2, 0.25) is 0 Å². The molecule has 1 N–H and O–H groups in total. The van der Waals surface area contributed by atoms with Crippen molar-refractivity contribution in [3.8, 4) is 0 Å².